The van der Waals surface area contributed by atoms with Crippen LogP contribution in [-0.2, 0) is 28.5 Å². The summed E-state index contributed by atoms with van der Waals surface area (Å²) in [6, 6.07) is 9.29. The average Bonchev–Trinajstić information content (AvgIpc) is 2.61. The van der Waals surface area contributed by atoms with Crippen molar-refractivity contribution in [1.29, 1.82) is 0 Å². The number of aliphatic hydroxyl groups is 1. The summed E-state index contributed by atoms with van der Waals surface area (Å²) in [4.78, 5) is 11.6. The van der Waals surface area contributed by atoms with Crippen molar-refractivity contribution in [3.8, 4) is 0 Å². The molecule has 23 heavy (non-hydrogen) atoms. The van der Waals surface area contributed by atoms with Crippen molar-refractivity contribution in [2.75, 3.05) is 20.8 Å². The third kappa shape index (κ3) is 2.80. The van der Waals surface area contributed by atoms with Crippen LogP contribution in [0.15, 0.2) is 30.3 Å². The molecule has 126 valence electrons. The number of carbonyl (C=O) groups excluding carboxylic acids is 1. The van der Waals surface area contributed by atoms with Gasteiger partial charge >= 0.3 is 0 Å². The van der Waals surface area contributed by atoms with Crippen LogP contribution >= 0.6 is 0 Å². The lowest BCUT2D eigenvalue weighted by molar-refractivity contribution is -0.375. The van der Waals surface area contributed by atoms with Crippen molar-refractivity contribution in [2.24, 2.45) is 0 Å². The van der Waals surface area contributed by atoms with Crippen molar-refractivity contribution in [2.45, 2.75) is 36.5 Å². The Morgan fingerprint density at radius 3 is 2.57 bits per heavy atom. The van der Waals surface area contributed by atoms with Crippen LogP contribution in [0.3, 0.4) is 0 Å². The lowest BCUT2D eigenvalue weighted by Crippen LogP contribution is -2.70. The third-order valence-electron chi connectivity index (χ3n) is 4.23. The molecular formula is C16H20O7. The summed E-state index contributed by atoms with van der Waals surface area (Å²) >= 11 is 0. The number of aldehydes is 1. The first-order valence-electron chi connectivity index (χ1n) is 7.35. The van der Waals surface area contributed by atoms with Crippen LogP contribution in [0.1, 0.15) is 11.9 Å². The highest BCUT2D eigenvalue weighted by atomic mass is 16.8. The fourth-order valence-electron chi connectivity index (χ4n) is 3.07. The van der Waals surface area contributed by atoms with E-state index in [0.717, 1.165) is 5.56 Å². The van der Waals surface area contributed by atoms with Gasteiger partial charge in [-0.3, -0.25) is 4.79 Å². The van der Waals surface area contributed by atoms with Crippen LogP contribution in [0, 0.1) is 0 Å². The zero-order valence-electron chi connectivity index (χ0n) is 13.0. The molecule has 7 heteroatoms. The molecule has 0 spiro atoms. The molecule has 2 aliphatic rings. The lowest BCUT2D eigenvalue weighted by atomic mass is 9.84. The van der Waals surface area contributed by atoms with Crippen LogP contribution in [0.4, 0.5) is 0 Å². The molecule has 2 saturated heterocycles. The second kappa shape index (κ2) is 6.64. The Kier molecular flexibility index (Phi) is 4.77. The average molecular weight is 324 g/mol. The van der Waals surface area contributed by atoms with Crippen LogP contribution in [-0.4, -0.2) is 62.4 Å². The molecule has 7 nitrogen and oxygen atoms in total. The van der Waals surface area contributed by atoms with E-state index in [1.165, 1.54) is 14.2 Å². The van der Waals surface area contributed by atoms with Crippen LogP contribution < -0.4 is 0 Å². The number of benzene rings is 1. The first-order valence-corrected chi connectivity index (χ1v) is 7.35. The molecule has 2 fully saturated rings. The van der Waals surface area contributed by atoms with Gasteiger partial charge in [-0.05, 0) is 0 Å². The quantitative estimate of drug-likeness (QED) is 0.804. The van der Waals surface area contributed by atoms with Gasteiger partial charge < -0.3 is 28.8 Å². The minimum absolute atomic E-state index is 0.163. The van der Waals surface area contributed by atoms with Gasteiger partial charge in [-0.1, -0.05) is 30.3 Å². The molecule has 3 rings (SSSR count). The first kappa shape index (κ1) is 16.5. The van der Waals surface area contributed by atoms with E-state index < -0.39 is 36.5 Å². The Morgan fingerprint density at radius 2 is 1.96 bits per heavy atom. The molecule has 1 aromatic rings. The fourth-order valence-corrected chi connectivity index (χ4v) is 3.07. The number of rotatable bonds is 4. The second-order valence-electron chi connectivity index (χ2n) is 5.57. The van der Waals surface area contributed by atoms with Crippen molar-refractivity contribution >= 4 is 6.29 Å². The molecule has 0 bridgehead atoms. The Hall–Kier alpha value is -1.35. The topological polar surface area (TPSA) is 83.5 Å². The SMILES string of the molecule is CO[C@H]1O[C@@H]2COC(c3ccccc3)O[C@H]2[C@](O)(C=O)[C@H]1OC. The second-order valence-corrected chi connectivity index (χ2v) is 5.57. The summed E-state index contributed by atoms with van der Waals surface area (Å²) in [6.07, 6.45) is -3.71. The van der Waals surface area contributed by atoms with Gasteiger partial charge in [-0.15, -0.1) is 0 Å². The minimum atomic E-state index is -1.89. The zero-order chi connectivity index (χ0) is 16.4. The summed E-state index contributed by atoms with van der Waals surface area (Å²) in [5, 5.41) is 10.9. The Bertz CT molecular complexity index is 536. The van der Waals surface area contributed by atoms with E-state index in [1.54, 1.807) is 0 Å². The predicted molar refractivity (Wildman–Crippen MR) is 77.5 cm³/mol. The number of hydrogen-bond donors (Lipinski definition) is 1. The van der Waals surface area contributed by atoms with Gasteiger partial charge in [0, 0.05) is 19.8 Å². The van der Waals surface area contributed by atoms with Crippen molar-refractivity contribution in [3.05, 3.63) is 35.9 Å². The highest BCUT2D eigenvalue weighted by molar-refractivity contribution is 5.65. The molecule has 1 aromatic carbocycles. The van der Waals surface area contributed by atoms with E-state index in [2.05, 4.69) is 0 Å². The van der Waals surface area contributed by atoms with E-state index in [9.17, 15) is 9.90 Å². The van der Waals surface area contributed by atoms with Gasteiger partial charge in [0.05, 0.1) is 6.61 Å². The fraction of sp³-hybridized carbons (Fsp3) is 0.562. The van der Waals surface area contributed by atoms with Gasteiger partial charge in [0.2, 0.25) is 0 Å². The standard InChI is InChI=1S/C16H20O7/c1-19-13-15(20-2)22-11-8-21-14(10-6-4-3-5-7-10)23-12(11)16(13,18)9-17/h3-7,9,11-15,18H,8H2,1-2H3/t11-,12-,13+,14?,15+,16-/m1/s1. The van der Waals surface area contributed by atoms with E-state index >= 15 is 0 Å². The summed E-state index contributed by atoms with van der Waals surface area (Å²) in [5.41, 5.74) is -1.10. The van der Waals surface area contributed by atoms with E-state index in [4.69, 9.17) is 23.7 Å². The molecule has 0 radical (unpaired) electrons. The summed E-state index contributed by atoms with van der Waals surface area (Å²) < 4.78 is 27.6. The van der Waals surface area contributed by atoms with Crippen molar-refractivity contribution in [3.63, 3.8) is 0 Å². The van der Waals surface area contributed by atoms with Gasteiger partial charge in [-0.2, -0.15) is 0 Å². The maximum Gasteiger partial charge on any atom is 0.187 e. The molecule has 6 atom stereocenters. The molecule has 2 heterocycles. The Morgan fingerprint density at radius 1 is 1.22 bits per heavy atom. The number of carbonyl (C=O) groups is 1. The summed E-state index contributed by atoms with van der Waals surface area (Å²) in [6.45, 7) is 0.163. The van der Waals surface area contributed by atoms with Gasteiger partial charge in [0.15, 0.2) is 24.5 Å². The van der Waals surface area contributed by atoms with E-state index in [1.807, 2.05) is 30.3 Å². The first-order chi connectivity index (χ1) is 11.1. The molecule has 0 aromatic heterocycles. The molecule has 0 amide bonds. The largest absolute Gasteiger partial charge is 0.377 e. The monoisotopic (exact) mass is 324 g/mol. The number of hydrogen-bond acceptors (Lipinski definition) is 7. The number of methoxy groups -OCH3 is 2. The molecular weight excluding hydrogens is 304 g/mol. The van der Waals surface area contributed by atoms with Crippen molar-refractivity contribution in [1.82, 2.24) is 0 Å². The van der Waals surface area contributed by atoms with E-state index in [0.29, 0.717) is 6.29 Å². The molecule has 0 aliphatic carbocycles. The zero-order valence-corrected chi connectivity index (χ0v) is 13.0. The van der Waals surface area contributed by atoms with Crippen LogP contribution in [0.2, 0.25) is 0 Å². The summed E-state index contributed by atoms with van der Waals surface area (Å²) in [7, 11) is 2.79. The lowest BCUT2D eigenvalue weighted by Gasteiger charge is -2.50. The van der Waals surface area contributed by atoms with Crippen LogP contribution in [0.5, 0.6) is 0 Å². The van der Waals surface area contributed by atoms with Crippen LogP contribution in [0.25, 0.3) is 0 Å². The Balaban J connectivity index is 1.88. The maximum absolute atomic E-state index is 11.6. The smallest absolute Gasteiger partial charge is 0.187 e. The maximum atomic E-state index is 11.6. The molecule has 1 N–H and O–H groups in total. The number of fused-ring (bicyclic) bond motifs is 1. The minimum Gasteiger partial charge on any atom is -0.377 e. The van der Waals surface area contributed by atoms with Gasteiger partial charge in [0.1, 0.15) is 18.3 Å². The Labute approximate surface area is 134 Å². The predicted octanol–water partition coefficient (Wildman–Crippen LogP) is 0.417. The molecule has 0 saturated carbocycles. The normalized spacial score (nSPS) is 40.4. The van der Waals surface area contributed by atoms with Gasteiger partial charge in [0.25, 0.3) is 0 Å². The van der Waals surface area contributed by atoms with Gasteiger partial charge in [-0.25, -0.2) is 0 Å². The number of ether oxygens (including phenoxy) is 5. The highest BCUT2D eigenvalue weighted by Crippen LogP contribution is 2.39. The highest BCUT2D eigenvalue weighted by Gasteiger charge is 2.59. The van der Waals surface area contributed by atoms with Crippen molar-refractivity contribution < 1.29 is 33.6 Å². The van der Waals surface area contributed by atoms with E-state index in [-0.39, 0.29) is 6.61 Å². The third-order valence-corrected chi connectivity index (χ3v) is 4.23. The summed E-state index contributed by atoms with van der Waals surface area (Å²) in [5.74, 6) is 0. The molecule has 1 unspecified atom stereocenters. The molecule has 2 aliphatic heterocycles.